The standard InChI is InChI=1S/C33H29NO5S/c1-21(2)26-16-11-22(3)19-29(26)38-18-17-34-31(35)30(40-33(34)37)20-23-12-14-25(15-13-23)39-32(36)28-10-6-8-24-7-4-5-9-27(24)28/h4-16,19-21H,17-18H2,1-3H3/b30-20-. The lowest BCUT2D eigenvalue weighted by Gasteiger charge is -2.17. The Morgan fingerprint density at radius 1 is 0.950 bits per heavy atom. The van der Waals surface area contributed by atoms with Crippen LogP contribution in [-0.4, -0.2) is 35.2 Å². The maximum Gasteiger partial charge on any atom is 0.344 e. The van der Waals surface area contributed by atoms with Gasteiger partial charge in [0.2, 0.25) is 0 Å². The fraction of sp³-hybridized carbons (Fsp3) is 0.182. The van der Waals surface area contributed by atoms with Crippen molar-refractivity contribution in [1.29, 1.82) is 0 Å². The number of amides is 2. The van der Waals surface area contributed by atoms with E-state index in [1.807, 2.05) is 61.5 Å². The Hall–Kier alpha value is -4.36. The Labute approximate surface area is 237 Å². The molecule has 0 aromatic heterocycles. The number of carbonyl (C=O) groups is 3. The van der Waals surface area contributed by atoms with Gasteiger partial charge in [-0.15, -0.1) is 0 Å². The summed E-state index contributed by atoms with van der Waals surface area (Å²) >= 11 is 0.904. The van der Waals surface area contributed by atoms with Gasteiger partial charge in [-0.3, -0.25) is 14.5 Å². The molecule has 1 fully saturated rings. The number of nitrogens with zero attached hydrogens (tertiary/aromatic N) is 1. The maximum atomic E-state index is 13.0. The van der Waals surface area contributed by atoms with E-state index in [1.54, 1.807) is 36.4 Å². The monoisotopic (exact) mass is 551 g/mol. The van der Waals surface area contributed by atoms with Crippen molar-refractivity contribution in [1.82, 2.24) is 4.90 Å². The zero-order valence-electron chi connectivity index (χ0n) is 22.5. The van der Waals surface area contributed by atoms with E-state index in [0.29, 0.717) is 27.7 Å². The molecule has 0 unspecified atom stereocenters. The number of esters is 1. The zero-order valence-corrected chi connectivity index (χ0v) is 23.4. The average molecular weight is 552 g/mol. The number of imide groups is 1. The second-order valence-corrected chi connectivity index (χ2v) is 10.9. The quantitative estimate of drug-likeness (QED) is 0.128. The lowest BCUT2D eigenvalue weighted by Crippen LogP contribution is -2.32. The van der Waals surface area contributed by atoms with Crippen molar-refractivity contribution in [3.8, 4) is 11.5 Å². The van der Waals surface area contributed by atoms with Crippen LogP contribution in [0, 0.1) is 6.92 Å². The predicted octanol–water partition coefficient (Wildman–Crippen LogP) is 7.61. The third kappa shape index (κ3) is 5.95. The second-order valence-electron chi connectivity index (χ2n) is 9.86. The highest BCUT2D eigenvalue weighted by atomic mass is 32.2. The minimum Gasteiger partial charge on any atom is -0.491 e. The van der Waals surface area contributed by atoms with Gasteiger partial charge in [-0.05, 0) is 82.4 Å². The molecule has 0 N–H and O–H groups in total. The number of hydrogen-bond acceptors (Lipinski definition) is 6. The highest BCUT2D eigenvalue weighted by Gasteiger charge is 2.34. The van der Waals surface area contributed by atoms with Crippen LogP contribution >= 0.6 is 11.8 Å². The maximum absolute atomic E-state index is 13.0. The Balaban J connectivity index is 1.21. The molecule has 0 saturated carbocycles. The van der Waals surface area contributed by atoms with Crippen LogP contribution in [0.4, 0.5) is 4.79 Å². The Kier molecular flexibility index (Phi) is 8.03. The fourth-order valence-electron chi connectivity index (χ4n) is 4.53. The lowest BCUT2D eigenvalue weighted by molar-refractivity contribution is -0.123. The Morgan fingerprint density at radius 2 is 1.70 bits per heavy atom. The molecule has 202 valence electrons. The number of fused-ring (bicyclic) bond motifs is 1. The summed E-state index contributed by atoms with van der Waals surface area (Å²) in [6.45, 7) is 6.57. The summed E-state index contributed by atoms with van der Waals surface area (Å²) in [5, 5.41) is 1.46. The van der Waals surface area contributed by atoms with Gasteiger partial charge in [0.05, 0.1) is 17.0 Å². The van der Waals surface area contributed by atoms with Crippen molar-refractivity contribution in [2.24, 2.45) is 0 Å². The van der Waals surface area contributed by atoms with Gasteiger partial charge in [0.25, 0.3) is 11.1 Å². The minimum atomic E-state index is -0.445. The molecule has 5 rings (SSSR count). The largest absolute Gasteiger partial charge is 0.491 e. The molecule has 0 atom stereocenters. The number of hydrogen-bond donors (Lipinski definition) is 0. The van der Waals surface area contributed by atoms with Crippen LogP contribution in [0.1, 0.15) is 46.8 Å². The van der Waals surface area contributed by atoms with Crippen LogP contribution in [0.3, 0.4) is 0 Å². The third-order valence-electron chi connectivity index (χ3n) is 6.64. The number of thioether (sulfide) groups is 1. The van der Waals surface area contributed by atoms with E-state index in [-0.39, 0.29) is 24.3 Å². The molecule has 7 heteroatoms. The predicted molar refractivity (Wildman–Crippen MR) is 159 cm³/mol. The summed E-state index contributed by atoms with van der Waals surface area (Å²) in [4.78, 5) is 39.9. The van der Waals surface area contributed by atoms with E-state index in [4.69, 9.17) is 9.47 Å². The average Bonchev–Trinajstić information content (AvgIpc) is 3.21. The molecule has 4 aromatic carbocycles. The first-order valence-electron chi connectivity index (χ1n) is 13.1. The van der Waals surface area contributed by atoms with Crippen molar-refractivity contribution in [3.05, 3.63) is 112 Å². The molecule has 1 aliphatic heterocycles. The van der Waals surface area contributed by atoms with Gasteiger partial charge in [-0.2, -0.15) is 0 Å². The normalized spacial score (nSPS) is 14.4. The molecule has 40 heavy (non-hydrogen) atoms. The van der Waals surface area contributed by atoms with Gasteiger partial charge in [0.15, 0.2) is 0 Å². The smallest absolute Gasteiger partial charge is 0.344 e. The highest BCUT2D eigenvalue weighted by molar-refractivity contribution is 8.18. The lowest BCUT2D eigenvalue weighted by atomic mass is 10.0. The highest BCUT2D eigenvalue weighted by Crippen LogP contribution is 2.33. The number of ether oxygens (including phenoxy) is 2. The summed E-state index contributed by atoms with van der Waals surface area (Å²) in [5.41, 5.74) is 3.38. The molecular formula is C33H29NO5S. The van der Waals surface area contributed by atoms with E-state index in [2.05, 4.69) is 13.8 Å². The van der Waals surface area contributed by atoms with Gasteiger partial charge in [0.1, 0.15) is 18.1 Å². The molecule has 0 radical (unpaired) electrons. The number of benzene rings is 4. The molecule has 6 nitrogen and oxygen atoms in total. The van der Waals surface area contributed by atoms with Gasteiger partial charge in [0, 0.05) is 0 Å². The Bertz CT molecular complexity index is 1620. The van der Waals surface area contributed by atoms with Crippen LogP contribution < -0.4 is 9.47 Å². The van der Waals surface area contributed by atoms with Crippen molar-refractivity contribution in [2.45, 2.75) is 26.7 Å². The molecule has 0 spiro atoms. The first-order valence-corrected chi connectivity index (χ1v) is 13.9. The number of rotatable bonds is 8. The summed E-state index contributed by atoms with van der Waals surface area (Å²) in [6.07, 6.45) is 1.67. The molecule has 1 heterocycles. The van der Waals surface area contributed by atoms with Crippen molar-refractivity contribution < 1.29 is 23.9 Å². The Morgan fingerprint density at radius 3 is 2.48 bits per heavy atom. The van der Waals surface area contributed by atoms with E-state index in [0.717, 1.165) is 39.4 Å². The van der Waals surface area contributed by atoms with Gasteiger partial charge >= 0.3 is 5.97 Å². The molecule has 0 bridgehead atoms. The van der Waals surface area contributed by atoms with Crippen molar-refractivity contribution >= 4 is 45.7 Å². The number of aryl methyl sites for hydroxylation is 1. The fourth-order valence-corrected chi connectivity index (χ4v) is 5.40. The zero-order chi connectivity index (χ0) is 28.2. The molecule has 2 amide bonds. The second kappa shape index (κ2) is 11.8. The molecular weight excluding hydrogens is 522 g/mol. The third-order valence-corrected chi connectivity index (χ3v) is 7.54. The topological polar surface area (TPSA) is 72.9 Å². The van der Waals surface area contributed by atoms with Crippen LogP contribution in [0.15, 0.2) is 89.8 Å². The minimum absolute atomic E-state index is 0.163. The van der Waals surface area contributed by atoms with Gasteiger partial charge in [-0.25, -0.2) is 4.79 Å². The van der Waals surface area contributed by atoms with Crippen LogP contribution in [0.5, 0.6) is 11.5 Å². The number of carbonyl (C=O) groups excluding carboxylic acids is 3. The van der Waals surface area contributed by atoms with Crippen LogP contribution in [-0.2, 0) is 4.79 Å². The first kappa shape index (κ1) is 27.2. The molecule has 1 saturated heterocycles. The van der Waals surface area contributed by atoms with E-state index in [9.17, 15) is 14.4 Å². The molecule has 1 aliphatic rings. The van der Waals surface area contributed by atoms with E-state index in [1.165, 1.54) is 4.90 Å². The first-order chi connectivity index (χ1) is 19.3. The van der Waals surface area contributed by atoms with Crippen molar-refractivity contribution in [3.63, 3.8) is 0 Å². The van der Waals surface area contributed by atoms with Gasteiger partial charge in [-0.1, -0.05) is 74.5 Å². The van der Waals surface area contributed by atoms with Crippen LogP contribution in [0.25, 0.3) is 16.8 Å². The molecule has 4 aromatic rings. The summed E-state index contributed by atoms with van der Waals surface area (Å²) in [6, 6.07) is 26.1. The van der Waals surface area contributed by atoms with E-state index >= 15 is 0 Å². The summed E-state index contributed by atoms with van der Waals surface area (Å²) in [7, 11) is 0. The van der Waals surface area contributed by atoms with Gasteiger partial charge < -0.3 is 9.47 Å². The summed E-state index contributed by atoms with van der Waals surface area (Å²) in [5.74, 6) is 0.664. The summed E-state index contributed by atoms with van der Waals surface area (Å²) < 4.78 is 11.6. The molecule has 0 aliphatic carbocycles. The van der Waals surface area contributed by atoms with E-state index < -0.39 is 5.97 Å². The SMILES string of the molecule is Cc1ccc(C(C)C)c(OCCN2C(=O)S/C(=C\c3ccc(OC(=O)c4cccc5ccccc45)cc3)C2=O)c1. The van der Waals surface area contributed by atoms with Crippen LogP contribution in [0.2, 0.25) is 0 Å². The van der Waals surface area contributed by atoms with Crippen molar-refractivity contribution in [2.75, 3.05) is 13.2 Å².